The summed E-state index contributed by atoms with van der Waals surface area (Å²) in [5.74, 6) is 0.331. The molecule has 2 fully saturated rings. The average Bonchev–Trinajstić information content (AvgIpc) is 3.13. The Balaban J connectivity index is 1.32. The Kier molecular flexibility index (Phi) is 7.23. The van der Waals surface area contributed by atoms with Crippen LogP contribution >= 0.6 is 0 Å². The van der Waals surface area contributed by atoms with Crippen LogP contribution in [0.4, 0.5) is 0 Å². The highest BCUT2D eigenvalue weighted by atomic mass is 16.2. The van der Waals surface area contributed by atoms with E-state index in [0.717, 1.165) is 45.8 Å². The summed E-state index contributed by atoms with van der Waals surface area (Å²) in [6.07, 6.45) is 10.7. The SMILES string of the molecule is O=C(CCN1CCCCCCC1)N1CCN(CCn2cncn2)CC1. The van der Waals surface area contributed by atoms with Crippen molar-refractivity contribution in [2.24, 2.45) is 0 Å². The van der Waals surface area contributed by atoms with E-state index in [0.29, 0.717) is 12.3 Å². The second-order valence-electron chi connectivity index (χ2n) is 7.24. The lowest BCUT2D eigenvalue weighted by Gasteiger charge is -2.35. The molecular weight excluding hydrogens is 316 g/mol. The van der Waals surface area contributed by atoms with Crippen LogP contribution in [-0.4, -0.2) is 87.7 Å². The Morgan fingerprint density at radius 2 is 1.48 bits per heavy atom. The fraction of sp³-hybridized carbons (Fsp3) is 0.833. The van der Waals surface area contributed by atoms with Gasteiger partial charge < -0.3 is 9.80 Å². The van der Waals surface area contributed by atoms with E-state index in [1.807, 2.05) is 4.68 Å². The summed E-state index contributed by atoms with van der Waals surface area (Å²) in [5.41, 5.74) is 0. The third kappa shape index (κ3) is 6.08. The van der Waals surface area contributed by atoms with Gasteiger partial charge in [0.2, 0.25) is 5.91 Å². The van der Waals surface area contributed by atoms with E-state index >= 15 is 0 Å². The third-order valence-corrected chi connectivity index (χ3v) is 5.43. The monoisotopic (exact) mass is 348 g/mol. The van der Waals surface area contributed by atoms with Gasteiger partial charge in [-0.25, -0.2) is 4.98 Å². The largest absolute Gasteiger partial charge is 0.340 e. The van der Waals surface area contributed by atoms with E-state index in [1.165, 1.54) is 45.2 Å². The molecule has 0 aliphatic carbocycles. The van der Waals surface area contributed by atoms with Crippen molar-refractivity contribution < 1.29 is 4.79 Å². The molecule has 0 aromatic carbocycles. The molecule has 1 aromatic heterocycles. The number of hydrogen-bond donors (Lipinski definition) is 0. The van der Waals surface area contributed by atoms with Crippen molar-refractivity contribution >= 4 is 5.91 Å². The summed E-state index contributed by atoms with van der Waals surface area (Å²) in [5, 5.41) is 4.13. The number of amides is 1. The molecule has 0 unspecified atom stereocenters. The van der Waals surface area contributed by atoms with Crippen LogP contribution < -0.4 is 0 Å². The molecule has 0 spiro atoms. The number of piperazine rings is 1. The van der Waals surface area contributed by atoms with Crippen molar-refractivity contribution in [1.29, 1.82) is 0 Å². The maximum absolute atomic E-state index is 12.5. The Hall–Kier alpha value is -1.47. The molecule has 0 radical (unpaired) electrons. The van der Waals surface area contributed by atoms with Gasteiger partial charge in [0.15, 0.2) is 0 Å². The summed E-state index contributed by atoms with van der Waals surface area (Å²) in [7, 11) is 0. The molecule has 25 heavy (non-hydrogen) atoms. The lowest BCUT2D eigenvalue weighted by molar-refractivity contribution is -0.133. The van der Waals surface area contributed by atoms with E-state index in [1.54, 1.807) is 12.7 Å². The van der Waals surface area contributed by atoms with Gasteiger partial charge >= 0.3 is 0 Å². The van der Waals surface area contributed by atoms with Crippen molar-refractivity contribution in [3.63, 3.8) is 0 Å². The van der Waals surface area contributed by atoms with E-state index in [9.17, 15) is 4.79 Å². The van der Waals surface area contributed by atoms with Crippen LogP contribution in [0.25, 0.3) is 0 Å². The fourth-order valence-corrected chi connectivity index (χ4v) is 3.76. The molecule has 1 aromatic rings. The molecule has 7 nitrogen and oxygen atoms in total. The Morgan fingerprint density at radius 3 is 2.16 bits per heavy atom. The molecule has 0 N–H and O–H groups in total. The first-order chi connectivity index (χ1) is 12.3. The molecule has 1 amide bonds. The van der Waals surface area contributed by atoms with Gasteiger partial charge in [0.1, 0.15) is 12.7 Å². The number of carbonyl (C=O) groups excluding carboxylic acids is 1. The zero-order valence-corrected chi connectivity index (χ0v) is 15.4. The van der Waals surface area contributed by atoms with Crippen molar-refractivity contribution in [2.45, 2.75) is 45.1 Å². The molecule has 140 valence electrons. The van der Waals surface area contributed by atoms with Gasteiger partial charge in [-0.2, -0.15) is 5.10 Å². The van der Waals surface area contributed by atoms with Crippen molar-refractivity contribution in [2.75, 3.05) is 52.4 Å². The topological polar surface area (TPSA) is 57.5 Å². The smallest absolute Gasteiger partial charge is 0.223 e. The number of carbonyl (C=O) groups is 1. The molecule has 3 rings (SSSR count). The van der Waals surface area contributed by atoms with E-state index in [-0.39, 0.29) is 0 Å². The quantitative estimate of drug-likeness (QED) is 0.770. The molecule has 3 heterocycles. The molecule has 0 atom stereocenters. The molecule has 7 heteroatoms. The lowest BCUT2D eigenvalue weighted by Crippen LogP contribution is -2.49. The predicted molar refractivity (Wildman–Crippen MR) is 97.2 cm³/mol. The first-order valence-electron chi connectivity index (χ1n) is 9.86. The summed E-state index contributed by atoms with van der Waals surface area (Å²) >= 11 is 0. The van der Waals surface area contributed by atoms with Crippen LogP contribution in [-0.2, 0) is 11.3 Å². The molecular formula is C18H32N6O. The number of aromatic nitrogens is 3. The van der Waals surface area contributed by atoms with Gasteiger partial charge in [-0.3, -0.25) is 14.4 Å². The van der Waals surface area contributed by atoms with E-state index in [2.05, 4.69) is 24.8 Å². The third-order valence-electron chi connectivity index (χ3n) is 5.43. The number of hydrogen-bond acceptors (Lipinski definition) is 5. The highest BCUT2D eigenvalue weighted by Gasteiger charge is 2.21. The molecule has 2 aliphatic rings. The van der Waals surface area contributed by atoms with Gasteiger partial charge in [0.25, 0.3) is 0 Å². The minimum Gasteiger partial charge on any atom is -0.340 e. The second-order valence-corrected chi connectivity index (χ2v) is 7.24. The minimum atomic E-state index is 0.331. The Labute approximate surface area is 151 Å². The van der Waals surface area contributed by atoms with Crippen molar-refractivity contribution in [3.05, 3.63) is 12.7 Å². The molecule has 2 saturated heterocycles. The van der Waals surface area contributed by atoms with Gasteiger partial charge in [-0.15, -0.1) is 0 Å². The van der Waals surface area contributed by atoms with Crippen molar-refractivity contribution in [1.82, 2.24) is 29.5 Å². The van der Waals surface area contributed by atoms with E-state index in [4.69, 9.17) is 0 Å². The van der Waals surface area contributed by atoms with Crippen LogP contribution in [0.5, 0.6) is 0 Å². The second kappa shape index (κ2) is 9.87. The first-order valence-corrected chi connectivity index (χ1v) is 9.86. The highest BCUT2D eigenvalue weighted by molar-refractivity contribution is 5.76. The first kappa shape index (κ1) is 18.3. The van der Waals surface area contributed by atoms with Gasteiger partial charge in [0, 0.05) is 45.7 Å². The Morgan fingerprint density at radius 1 is 0.800 bits per heavy atom. The Bertz CT molecular complexity index is 490. The van der Waals surface area contributed by atoms with Crippen LogP contribution in [0.3, 0.4) is 0 Å². The van der Waals surface area contributed by atoms with Crippen LogP contribution in [0.2, 0.25) is 0 Å². The normalized spacial score (nSPS) is 21.0. The number of rotatable bonds is 6. The summed E-state index contributed by atoms with van der Waals surface area (Å²) in [6, 6.07) is 0. The van der Waals surface area contributed by atoms with Gasteiger partial charge in [0.05, 0.1) is 6.54 Å². The zero-order valence-electron chi connectivity index (χ0n) is 15.4. The number of nitrogens with zero attached hydrogens (tertiary/aromatic N) is 6. The van der Waals surface area contributed by atoms with Crippen LogP contribution in [0.1, 0.15) is 38.5 Å². The maximum Gasteiger partial charge on any atom is 0.223 e. The average molecular weight is 348 g/mol. The van der Waals surface area contributed by atoms with Gasteiger partial charge in [-0.1, -0.05) is 19.3 Å². The summed E-state index contributed by atoms with van der Waals surface area (Å²) < 4.78 is 1.86. The maximum atomic E-state index is 12.5. The minimum absolute atomic E-state index is 0.331. The lowest BCUT2D eigenvalue weighted by atomic mass is 10.1. The number of likely N-dealkylation sites (tertiary alicyclic amines) is 1. The fourth-order valence-electron chi connectivity index (χ4n) is 3.76. The standard InChI is InChI=1S/C18H32N6O/c25-18(6-9-21-7-4-2-1-3-5-8-21)23-13-10-22(11-14-23)12-15-24-17-19-16-20-24/h16-17H,1-15H2. The molecule has 0 bridgehead atoms. The zero-order chi connectivity index (χ0) is 17.3. The highest BCUT2D eigenvalue weighted by Crippen LogP contribution is 2.11. The van der Waals surface area contributed by atoms with Crippen LogP contribution in [0, 0.1) is 0 Å². The predicted octanol–water partition coefficient (Wildman–Crippen LogP) is 1.08. The van der Waals surface area contributed by atoms with Gasteiger partial charge in [-0.05, 0) is 25.9 Å². The molecule has 2 aliphatic heterocycles. The summed E-state index contributed by atoms with van der Waals surface area (Å²) in [4.78, 5) is 23.4. The van der Waals surface area contributed by atoms with E-state index < -0.39 is 0 Å². The van der Waals surface area contributed by atoms with Crippen molar-refractivity contribution in [3.8, 4) is 0 Å². The summed E-state index contributed by atoms with van der Waals surface area (Å²) in [6.45, 7) is 8.75. The molecule has 0 saturated carbocycles. The van der Waals surface area contributed by atoms with Crippen LogP contribution in [0.15, 0.2) is 12.7 Å².